The van der Waals surface area contributed by atoms with Crippen LogP contribution >= 0.6 is 22.9 Å². The minimum absolute atomic E-state index is 0.674. The van der Waals surface area contributed by atoms with Gasteiger partial charge in [0.05, 0.1) is 22.5 Å². The Bertz CT molecular complexity index is 709. The molecule has 0 bridgehead atoms. The van der Waals surface area contributed by atoms with Crippen molar-refractivity contribution in [2.45, 2.75) is 13.5 Å². The van der Waals surface area contributed by atoms with E-state index in [-0.39, 0.29) is 0 Å². The average Bonchev–Trinajstić information content (AvgIpc) is 2.81. The number of nitrogens with zero attached hydrogens (tertiary/aromatic N) is 2. The molecule has 0 aliphatic carbocycles. The summed E-state index contributed by atoms with van der Waals surface area (Å²) < 4.78 is 1.11. The molecule has 0 spiro atoms. The van der Waals surface area contributed by atoms with Crippen LogP contribution in [0.15, 0.2) is 36.5 Å². The fourth-order valence-electron chi connectivity index (χ4n) is 1.90. The Hall–Kier alpha value is -1.65. The molecule has 2 heterocycles. The number of nitrogens with one attached hydrogen (secondary N) is 1. The van der Waals surface area contributed by atoms with Crippen molar-refractivity contribution < 1.29 is 0 Å². The Morgan fingerprint density at radius 3 is 3.00 bits per heavy atom. The minimum atomic E-state index is 0.674. The van der Waals surface area contributed by atoms with Crippen LogP contribution in [0.4, 0.5) is 5.13 Å². The van der Waals surface area contributed by atoms with Crippen LogP contribution in [0.25, 0.3) is 10.2 Å². The van der Waals surface area contributed by atoms with Crippen molar-refractivity contribution in [2.75, 3.05) is 5.32 Å². The molecule has 5 heteroatoms. The van der Waals surface area contributed by atoms with Crippen molar-refractivity contribution in [1.29, 1.82) is 0 Å². The molecule has 3 nitrogen and oxygen atoms in total. The number of aryl methyl sites for hydroxylation is 1. The number of hydrogen-bond acceptors (Lipinski definition) is 4. The summed E-state index contributed by atoms with van der Waals surface area (Å²) in [7, 11) is 0. The number of anilines is 1. The summed E-state index contributed by atoms with van der Waals surface area (Å²) in [5.41, 5.74) is 3.11. The topological polar surface area (TPSA) is 37.8 Å². The summed E-state index contributed by atoms with van der Waals surface area (Å²) in [6, 6.07) is 9.76. The van der Waals surface area contributed by atoms with Crippen LogP contribution in [0.1, 0.15) is 11.3 Å². The van der Waals surface area contributed by atoms with E-state index in [4.69, 9.17) is 11.6 Å². The maximum atomic E-state index is 6.05. The SMILES string of the molecule is Cc1cc(Cl)cc2sc(NCc3ccccn3)nc12. The largest absolute Gasteiger partial charge is 0.356 e. The molecule has 1 N–H and O–H groups in total. The number of halogens is 1. The van der Waals surface area contributed by atoms with Gasteiger partial charge in [-0.3, -0.25) is 4.98 Å². The number of thiazole rings is 1. The van der Waals surface area contributed by atoms with Crippen LogP contribution in [0.3, 0.4) is 0 Å². The first-order valence-electron chi connectivity index (χ1n) is 5.93. The number of fused-ring (bicyclic) bond motifs is 1. The standard InChI is InChI=1S/C14H12ClN3S/c1-9-6-10(15)7-12-13(9)18-14(19-12)17-8-11-4-2-3-5-16-11/h2-7H,8H2,1H3,(H,17,18). The first-order chi connectivity index (χ1) is 9.22. The van der Waals surface area contributed by atoms with Gasteiger partial charge in [0.25, 0.3) is 0 Å². The zero-order valence-corrected chi connectivity index (χ0v) is 11.9. The Kier molecular flexibility index (Phi) is 3.36. The van der Waals surface area contributed by atoms with Crippen molar-refractivity contribution in [3.05, 3.63) is 52.8 Å². The molecule has 19 heavy (non-hydrogen) atoms. The molecule has 0 aliphatic heterocycles. The number of benzene rings is 1. The molecule has 0 saturated heterocycles. The summed E-state index contributed by atoms with van der Waals surface area (Å²) in [6.07, 6.45) is 1.79. The smallest absolute Gasteiger partial charge is 0.184 e. The fraction of sp³-hybridized carbons (Fsp3) is 0.143. The molecule has 3 aromatic rings. The lowest BCUT2D eigenvalue weighted by atomic mass is 10.2. The molecule has 0 saturated carbocycles. The van der Waals surface area contributed by atoms with Gasteiger partial charge in [0.15, 0.2) is 5.13 Å². The second-order valence-corrected chi connectivity index (χ2v) is 5.73. The van der Waals surface area contributed by atoms with E-state index in [1.165, 1.54) is 0 Å². The summed E-state index contributed by atoms with van der Waals surface area (Å²) in [4.78, 5) is 8.86. The summed E-state index contributed by atoms with van der Waals surface area (Å²) in [5, 5.41) is 4.95. The normalized spacial score (nSPS) is 10.8. The molecule has 0 aliphatic rings. The first-order valence-corrected chi connectivity index (χ1v) is 7.12. The van der Waals surface area contributed by atoms with Crippen molar-refractivity contribution in [1.82, 2.24) is 9.97 Å². The zero-order valence-electron chi connectivity index (χ0n) is 10.4. The molecular weight excluding hydrogens is 278 g/mol. The predicted octanol–water partition coefficient (Wildman–Crippen LogP) is 4.27. The van der Waals surface area contributed by atoms with E-state index in [2.05, 4.69) is 15.3 Å². The summed E-state index contributed by atoms with van der Waals surface area (Å²) in [5.74, 6) is 0. The van der Waals surface area contributed by atoms with Crippen LogP contribution in [0, 0.1) is 6.92 Å². The third-order valence-electron chi connectivity index (χ3n) is 2.80. The molecule has 96 valence electrons. The second-order valence-electron chi connectivity index (χ2n) is 4.26. The van der Waals surface area contributed by atoms with Gasteiger partial charge in [-0.25, -0.2) is 4.98 Å². The van der Waals surface area contributed by atoms with Crippen LogP contribution < -0.4 is 5.32 Å². The van der Waals surface area contributed by atoms with Crippen LogP contribution in [0.2, 0.25) is 5.02 Å². The van der Waals surface area contributed by atoms with E-state index in [1.54, 1.807) is 17.5 Å². The number of pyridine rings is 1. The highest BCUT2D eigenvalue weighted by Crippen LogP contribution is 2.31. The number of aromatic nitrogens is 2. The van der Waals surface area contributed by atoms with Gasteiger partial charge in [0.2, 0.25) is 0 Å². The average molecular weight is 290 g/mol. The third-order valence-corrected chi connectivity index (χ3v) is 3.98. The lowest BCUT2D eigenvalue weighted by Gasteiger charge is -2.00. The van der Waals surface area contributed by atoms with E-state index in [9.17, 15) is 0 Å². The Balaban J connectivity index is 1.84. The van der Waals surface area contributed by atoms with E-state index < -0.39 is 0 Å². The fourth-order valence-corrected chi connectivity index (χ4v) is 3.22. The number of rotatable bonds is 3. The Morgan fingerprint density at radius 1 is 1.32 bits per heavy atom. The van der Waals surface area contributed by atoms with Crippen LogP contribution in [0.5, 0.6) is 0 Å². The van der Waals surface area contributed by atoms with Crippen molar-refractivity contribution in [2.24, 2.45) is 0 Å². The highest BCUT2D eigenvalue weighted by molar-refractivity contribution is 7.22. The Labute approximate surface area is 120 Å². The van der Waals surface area contributed by atoms with Gasteiger partial charge < -0.3 is 5.32 Å². The molecule has 0 unspecified atom stereocenters. The molecule has 2 aromatic heterocycles. The second kappa shape index (κ2) is 5.15. The van der Waals surface area contributed by atoms with E-state index in [1.807, 2.05) is 37.3 Å². The lowest BCUT2D eigenvalue weighted by molar-refractivity contribution is 1.04. The molecule has 3 rings (SSSR count). The van der Waals surface area contributed by atoms with Crippen molar-refractivity contribution >= 4 is 38.3 Å². The van der Waals surface area contributed by atoms with Gasteiger partial charge in [0.1, 0.15) is 0 Å². The van der Waals surface area contributed by atoms with Crippen molar-refractivity contribution in [3.63, 3.8) is 0 Å². The number of hydrogen-bond donors (Lipinski definition) is 1. The summed E-state index contributed by atoms with van der Waals surface area (Å²) in [6.45, 7) is 2.70. The minimum Gasteiger partial charge on any atom is -0.356 e. The molecule has 0 amide bonds. The van der Waals surface area contributed by atoms with Gasteiger partial charge in [0, 0.05) is 11.2 Å². The maximum absolute atomic E-state index is 6.05. The van der Waals surface area contributed by atoms with E-state index in [0.717, 1.165) is 31.6 Å². The molecular formula is C14H12ClN3S. The quantitative estimate of drug-likeness (QED) is 0.782. The van der Waals surface area contributed by atoms with Gasteiger partial charge in [-0.1, -0.05) is 29.0 Å². The van der Waals surface area contributed by atoms with Crippen LogP contribution in [-0.2, 0) is 6.54 Å². The van der Waals surface area contributed by atoms with Gasteiger partial charge >= 0.3 is 0 Å². The Morgan fingerprint density at radius 2 is 2.21 bits per heavy atom. The van der Waals surface area contributed by atoms with Gasteiger partial charge in [-0.2, -0.15) is 0 Å². The highest BCUT2D eigenvalue weighted by atomic mass is 35.5. The van der Waals surface area contributed by atoms with Crippen molar-refractivity contribution in [3.8, 4) is 0 Å². The van der Waals surface area contributed by atoms with E-state index in [0.29, 0.717) is 6.54 Å². The third kappa shape index (κ3) is 2.69. The van der Waals surface area contributed by atoms with Crippen LogP contribution in [-0.4, -0.2) is 9.97 Å². The predicted molar refractivity (Wildman–Crippen MR) is 80.9 cm³/mol. The van der Waals surface area contributed by atoms with Gasteiger partial charge in [-0.05, 0) is 36.8 Å². The van der Waals surface area contributed by atoms with E-state index >= 15 is 0 Å². The zero-order chi connectivity index (χ0) is 13.2. The first kappa shape index (κ1) is 12.4. The lowest BCUT2D eigenvalue weighted by Crippen LogP contribution is -2.00. The maximum Gasteiger partial charge on any atom is 0.184 e. The molecule has 0 atom stereocenters. The van der Waals surface area contributed by atoms with Gasteiger partial charge in [-0.15, -0.1) is 0 Å². The monoisotopic (exact) mass is 289 g/mol. The molecule has 1 aromatic carbocycles. The molecule has 0 fully saturated rings. The molecule has 0 radical (unpaired) electrons. The summed E-state index contributed by atoms with van der Waals surface area (Å²) >= 11 is 7.67. The highest BCUT2D eigenvalue weighted by Gasteiger charge is 2.07.